The van der Waals surface area contributed by atoms with Gasteiger partial charge >= 0.3 is 0 Å². The molecule has 2 rings (SSSR count). The van der Waals surface area contributed by atoms with Gasteiger partial charge in [-0.3, -0.25) is 0 Å². The Labute approximate surface area is 149 Å². The predicted octanol–water partition coefficient (Wildman–Crippen LogP) is 5.01. The van der Waals surface area contributed by atoms with Crippen LogP contribution in [0.25, 0.3) is 0 Å². The number of hydrogen-bond donors (Lipinski definition) is 1. The molecule has 1 N–H and O–H groups in total. The lowest BCUT2D eigenvalue weighted by atomic mass is 10.1. The van der Waals surface area contributed by atoms with Gasteiger partial charge in [-0.1, -0.05) is 44.0 Å². The van der Waals surface area contributed by atoms with E-state index in [1.165, 1.54) is 0 Å². The lowest BCUT2D eigenvalue weighted by Gasteiger charge is -2.15. The van der Waals surface area contributed by atoms with E-state index in [0.29, 0.717) is 4.47 Å². The third kappa shape index (κ3) is 4.39. The molecule has 0 aliphatic rings. The number of benzene rings is 2. The lowest BCUT2D eigenvalue weighted by Crippen LogP contribution is -2.27. The van der Waals surface area contributed by atoms with Crippen molar-refractivity contribution in [2.24, 2.45) is 0 Å². The van der Waals surface area contributed by atoms with Crippen LogP contribution in [0.1, 0.15) is 18.5 Å². The van der Waals surface area contributed by atoms with Crippen molar-refractivity contribution in [3.63, 3.8) is 0 Å². The smallest absolute Gasteiger partial charge is 0.207 e. The zero-order chi connectivity index (χ0) is 15.6. The Morgan fingerprint density at radius 3 is 2.10 bits per heavy atom. The van der Waals surface area contributed by atoms with Crippen LogP contribution in [0.2, 0.25) is 0 Å². The summed E-state index contributed by atoms with van der Waals surface area (Å²) in [6.45, 7) is 1.81. The van der Waals surface area contributed by atoms with Crippen molar-refractivity contribution >= 4 is 57.8 Å². The predicted molar refractivity (Wildman–Crippen MR) is 94.7 cm³/mol. The fraction of sp³-hybridized carbons (Fsp3) is 0.143. The second-order valence-electron chi connectivity index (χ2n) is 4.47. The van der Waals surface area contributed by atoms with E-state index >= 15 is 0 Å². The average molecular weight is 498 g/mol. The second-order valence-corrected chi connectivity index (χ2v) is 8.84. The van der Waals surface area contributed by atoms with E-state index in [0.717, 1.165) is 14.5 Å². The molecule has 0 saturated carbocycles. The summed E-state index contributed by atoms with van der Waals surface area (Å²) in [6, 6.07) is 12.2. The molecular weight excluding hydrogens is 486 g/mol. The molecule has 7 heteroatoms. The van der Waals surface area contributed by atoms with E-state index in [1.807, 2.05) is 31.2 Å². The highest BCUT2D eigenvalue weighted by Gasteiger charge is 2.21. The quantitative estimate of drug-likeness (QED) is 0.645. The Bertz CT molecular complexity index is 745. The Kier molecular flexibility index (Phi) is 5.65. The summed E-state index contributed by atoms with van der Waals surface area (Å²) < 4.78 is 29.9. The molecule has 0 spiro atoms. The van der Waals surface area contributed by atoms with Crippen molar-refractivity contribution < 1.29 is 8.42 Å². The molecule has 0 fully saturated rings. The van der Waals surface area contributed by atoms with Crippen LogP contribution in [-0.2, 0) is 10.0 Å². The van der Waals surface area contributed by atoms with Crippen LogP contribution in [0.4, 0.5) is 0 Å². The van der Waals surface area contributed by atoms with Crippen LogP contribution >= 0.6 is 47.8 Å². The Morgan fingerprint density at radius 2 is 1.52 bits per heavy atom. The first-order valence-electron chi connectivity index (χ1n) is 6.02. The van der Waals surface area contributed by atoms with E-state index in [-0.39, 0.29) is 10.9 Å². The van der Waals surface area contributed by atoms with Crippen LogP contribution < -0.4 is 4.72 Å². The van der Waals surface area contributed by atoms with Crippen molar-refractivity contribution in [3.8, 4) is 0 Å². The van der Waals surface area contributed by atoms with Crippen molar-refractivity contribution in [1.82, 2.24) is 4.72 Å². The number of halogens is 3. The molecule has 2 aromatic carbocycles. The number of rotatable bonds is 4. The standard InChI is InChI=1S/C14H12Br3NO2S/c1-9(10-2-4-11(15)5-3-10)18-21(19,20)14-7-6-12(16)8-13(14)17/h2-9,18H,1H3/t9-/m1/s1. The topological polar surface area (TPSA) is 46.2 Å². The van der Waals surface area contributed by atoms with Gasteiger partial charge in [-0.15, -0.1) is 0 Å². The Balaban J connectivity index is 2.26. The van der Waals surface area contributed by atoms with Crippen LogP contribution in [0.15, 0.2) is 60.8 Å². The van der Waals surface area contributed by atoms with Gasteiger partial charge in [-0.2, -0.15) is 0 Å². The maximum absolute atomic E-state index is 12.4. The van der Waals surface area contributed by atoms with Gasteiger partial charge in [0.05, 0.1) is 4.90 Å². The monoisotopic (exact) mass is 495 g/mol. The molecule has 1 atom stereocenters. The summed E-state index contributed by atoms with van der Waals surface area (Å²) in [4.78, 5) is 0.217. The molecule has 21 heavy (non-hydrogen) atoms. The highest BCUT2D eigenvalue weighted by atomic mass is 79.9. The molecule has 0 heterocycles. The van der Waals surface area contributed by atoms with Crippen LogP contribution in [-0.4, -0.2) is 8.42 Å². The van der Waals surface area contributed by atoms with Crippen molar-refractivity contribution in [2.45, 2.75) is 17.9 Å². The maximum Gasteiger partial charge on any atom is 0.242 e. The molecule has 0 aliphatic heterocycles. The number of nitrogens with one attached hydrogen (secondary N) is 1. The third-order valence-corrected chi connectivity index (χ3v) is 6.42. The first kappa shape index (κ1) is 17.1. The summed E-state index contributed by atoms with van der Waals surface area (Å²) in [6.07, 6.45) is 0. The van der Waals surface area contributed by atoms with Crippen LogP contribution in [0.5, 0.6) is 0 Å². The van der Waals surface area contributed by atoms with E-state index in [2.05, 4.69) is 52.5 Å². The zero-order valence-corrected chi connectivity index (χ0v) is 16.6. The molecule has 0 amide bonds. The van der Waals surface area contributed by atoms with Gasteiger partial charge < -0.3 is 0 Å². The summed E-state index contributed by atoms with van der Waals surface area (Å²) in [5.74, 6) is 0. The Morgan fingerprint density at radius 1 is 0.952 bits per heavy atom. The average Bonchev–Trinajstić information content (AvgIpc) is 2.38. The molecular formula is C14H12Br3NO2S. The third-order valence-electron chi connectivity index (χ3n) is 2.89. The molecule has 2 aromatic rings. The molecule has 0 radical (unpaired) electrons. The largest absolute Gasteiger partial charge is 0.242 e. The minimum Gasteiger partial charge on any atom is -0.207 e. The van der Waals surface area contributed by atoms with Crippen LogP contribution in [0, 0.1) is 0 Å². The van der Waals surface area contributed by atoms with Gasteiger partial charge in [0, 0.05) is 19.5 Å². The summed E-state index contributed by atoms with van der Waals surface area (Å²) in [5, 5.41) is 0. The SMILES string of the molecule is C[C@@H](NS(=O)(=O)c1ccc(Br)cc1Br)c1ccc(Br)cc1. The van der Waals surface area contributed by atoms with Crippen molar-refractivity contribution in [1.29, 1.82) is 0 Å². The van der Waals surface area contributed by atoms with Gasteiger partial charge in [0.1, 0.15) is 0 Å². The van der Waals surface area contributed by atoms with Crippen LogP contribution in [0.3, 0.4) is 0 Å². The first-order chi connectivity index (χ1) is 9.79. The number of sulfonamides is 1. The fourth-order valence-corrected chi connectivity index (χ4v) is 5.05. The summed E-state index contributed by atoms with van der Waals surface area (Å²) in [5.41, 5.74) is 0.898. The summed E-state index contributed by atoms with van der Waals surface area (Å²) >= 11 is 9.95. The van der Waals surface area contributed by atoms with Crippen molar-refractivity contribution in [2.75, 3.05) is 0 Å². The van der Waals surface area contributed by atoms with E-state index in [9.17, 15) is 8.42 Å². The van der Waals surface area contributed by atoms with Gasteiger partial charge in [0.15, 0.2) is 0 Å². The molecule has 0 bridgehead atoms. The van der Waals surface area contributed by atoms with Gasteiger partial charge in [-0.05, 0) is 58.7 Å². The zero-order valence-electron chi connectivity index (χ0n) is 11.0. The molecule has 0 aromatic heterocycles. The Hall–Kier alpha value is -0.210. The first-order valence-corrected chi connectivity index (χ1v) is 9.88. The van der Waals surface area contributed by atoms with E-state index in [1.54, 1.807) is 18.2 Å². The fourth-order valence-electron chi connectivity index (χ4n) is 1.81. The highest BCUT2D eigenvalue weighted by molar-refractivity contribution is 9.11. The van der Waals surface area contributed by atoms with Gasteiger partial charge in [0.25, 0.3) is 0 Å². The molecule has 0 unspecified atom stereocenters. The molecule has 0 aliphatic carbocycles. The molecule has 0 saturated heterocycles. The van der Waals surface area contributed by atoms with Gasteiger partial charge in [0.2, 0.25) is 10.0 Å². The minimum absolute atomic E-state index is 0.217. The lowest BCUT2D eigenvalue weighted by molar-refractivity contribution is 0.566. The maximum atomic E-state index is 12.4. The van der Waals surface area contributed by atoms with Crippen molar-refractivity contribution in [3.05, 3.63) is 61.4 Å². The number of hydrogen-bond acceptors (Lipinski definition) is 2. The van der Waals surface area contributed by atoms with Gasteiger partial charge in [-0.25, -0.2) is 13.1 Å². The molecule has 3 nitrogen and oxygen atoms in total. The van der Waals surface area contributed by atoms with E-state index < -0.39 is 10.0 Å². The second kappa shape index (κ2) is 6.91. The summed E-state index contributed by atoms with van der Waals surface area (Å²) in [7, 11) is -3.59. The minimum atomic E-state index is -3.59. The normalized spacial score (nSPS) is 13.1. The molecule has 112 valence electrons. The van der Waals surface area contributed by atoms with E-state index in [4.69, 9.17) is 0 Å². The highest BCUT2D eigenvalue weighted by Crippen LogP contribution is 2.27.